The maximum Gasteiger partial charge on any atom is 0.00441 e. The standard InChI is InChI=1S/C13H25N.C2H6/c1-6-11-8-13(3,4)10-14(5)9-12(11)7-2;1-2/h7,11-12H,2,6,8-10H2,1,3-5H3;1-2H3. The molecular formula is C15H31N. The van der Waals surface area contributed by atoms with Gasteiger partial charge in [-0.05, 0) is 30.7 Å². The molecule has 1 heterocycles. The van der Waals surface area contributed by atoms with Crippen molar-refractivity contribution in [2.75, 3.05) is 20.1 Å². The number of nitrogens with zero attached hydrogens (tertiary/aromatic N) is 1. The van der Waals surface area contributed by atoms with E-state index in [0.717, 1.165) is 5.92 Å². The zero-order valence-electron chi connectivity index (χ0n) is 12.2. The highest BCUT2D eigenvalue weighted by atomic mass is 15.1. The highest BCUT2D eigenvalue weighted by Crippen LogP contribution is 2.36. The van der Waals surface area contributed by atoms with E-state index in [-0.39, 0.29) is 0 Å². The Bertz CT molecular complexity index is 196. The quantitative estimate of drug-likeness (QED) is 0.637. The van der Waals surface area contributed by atoms with Crippen LogP contribution in [-0.2, 0) is 0 Å². The maximum absolute atomic E-state index is 3.98. The predicted octanol–water partition coefficient (Wildman–Crippen LogP) is 4.20. The van der Waals surface area contributed by atoms with Gasteiger partial charge in [-0.15, -0.1) is 6.58 Å². The normalized spacial score (nSPS) is 29.9. The molecule has 1 fully saturated rings. The lowest BCUT2D eigenvalue weighted by Crippen LogP contribution is -2.30. The van der Waals surface area contributed by atoms with Gasteiger partial charge in [0.2, 0.25) is 0 Å². The molecule has 2 atom stereocenters. The molecule has 0 amide bonds. The highest BCUT2D eigenvalue weighted by Gasteiger charge is 2.32. The molecule has 0 saturated carbocycles. The summed E-state index contributed by atoms with van der Waals surface area (Å²) >= 11 is 0. The Morgan fingerprint density at radius 3 is 2.38 bits per heavy atom. The predicted molar refractivity (Wildman–Crippen MR) is 74.7 cm³/mol. The smallest absolute Gasteiger partial charge is 0.00441 e. The fourth-order valence-electron chi connectivity index (χ4n) is 2.94. The van der Waals surface area contributed by atoms with Gasteiger partial charge in [-0.3, -0.25) is 0 Å². The van der Waals surface area contributed by atoms with Crippen molar-refractivity contribution in [2.24, 2.45) is 17.3 Å². The van der Waals surface area contributed by atoms with Crippen LogP contribution in [0.1, 0.15) is 47.5 Å². The first-order chi connectivity index (χ1) is 7.48. The molecule has 1 saturated heterocycles. The molecule has 0 bridgehead atoms. The summed E-state index contributed by atoms with van der Waals surface area (Å²) in [5, 5.41) is 0. The molecule has 0 N–H and O–H groups in total. The van der Waals surface area contributed by atoms with Crippen molar-refractivity contribution in [2.45, 2.75) is 47.5 Å². The minimum Gasteiger partial charge on any atom is -0.305 e. The Labute approximate surface area is 103 Å². The summed E-state index contributed by atoms with van der Waals surface area (Å²) in [5.41, 5.74) is 0.465. The van der Waals surface area contributed by atoms with Gasteiger partial charge in [0.1, 0.15) is 0 Å². The SMILES string of the molecule is C=CC1CN(C)CC(C)(C)CC1CC.CC. The molecular weight excluding hydrogens is 194 g/mol. The summed E-state index contributed by atoms with van der Waals surface area (Å²) in [5.74, 6) is 1.51. The van der Waals surface area contributed by atoms with Crippen LogP contribution in [0.3, 0.4) is 0 Å². The lowest BCUT2D eigenvalue weighted by atomic mass is 9.78. The molecule has 1 heteroatoms. The van der Waals surface area contributed by atoms with Crippen molar-refractivity contribution in [1.29, 1.82) is 0 Å². The van der Waals surface area contributed by atoms with Crippen molar-refractivity contribution in [1.82, 2.24) is 4.90 Å². The number of rotatable bonds is 2. The van der Waals surface area contributed by atoms with E-state index in [1.165, 1.54) is 25.9 Å². The van der Waals surface area contributed by atoms with Crippen molar-refractivity contribution in [3.8, 4) is 0 Å². The van der Waals surface area contributed by atoms with Crippen LogP contribution in [0.25, 0.3) is 0 Å². The molecule has 16 heavy (non-hydrogen) atoms. The lowest BCUT2D eigenvalue weighted by molar-refractivity contribution is 0.218. The van der Waals surface area contributed by atoms with Crippen molar-refractivity contribution in [3.05, 3.63) is 12.7 Å². The molecule has 1 aliphatic rings. The van der Waals surface area contributed by atoms with E-state index in [4.69, 9.17) is 0 Å². The van der Waals surface area contributed by atoms with Gasteiger partial charge < -0.3 is 4.90 Å². The van der Waals surface area contributed by atoms with Crippen molar-refractivity contribution < 1.29 is 0 Å². The zero-order valence-corrected chi connectivity index (χ0v) is 12.2. The van der Waals surface area contributed by atoms with Gasteiger partial charge in [0.05, 0.1) is 0 Å². The Morgan fingerprint density at radius 2 is 1.94 bits per heavy atom. The van der Waals surface area contributed by atoms with Crippen molar-refractivity contribution in [3.63, 3.8) is 0 Å². The zero-order chi connectivity index (χ0) is 12.8. The van der Waals surface area contributed by atoms with Gasteiger partial charge in [-0.2, -0.15) is 0 Å². The Kier molecular flexibility index (Phi) is 6.98. The summed E-state index contributed by atoms with van der Waals surface area (Å²) in [6.07, 6.45) is 4.78. The van der Waals surface area contributed by atoms with Gasteiger partial charge in [0.15, 0.2) is 0 Å². The molecule has 0 aliphatic carbocycles. The van der Waals surface area contributed by atoms with Crippen LogP contribution in [0.4, 0.5) is 0 Å². The van der Waals surface area contributed by atoms with E-state index in [0.29, 0.717) is 11.3 Å². The van der Waals surface area contributed by atoms with E-state index in [9.17, 15) is 0 Å². The monoisotopic (exact) mass is 225 g/mol. The number of hydrogen-bond donors (Lipinski definition) is 0. The van der Waals surface area contributed by atoms with E-state index >= 15 is 0 Å². The summed E-state index contributed by atoms with van der Waals surface area (Å²) in [4.78, 5) is 2.46. The summed E-state index contributed by atoms with van der Waals surface area (Å²) in [6.45, 7) is 17.5. The average Bonchev–Trinajstić information content (AvgIpc) is 2.35. The minimum atomic E-state index is 0.465. The van der Waals surface area contributed by atoms with Gasteiger partial charge in [0, 0.05) is 13.1 Å². The van der Waals surface area contributed by atoms with Crippen LogP contribution in [0, 0.1) is 17.3 Å². The number of likely N-dealkylation sites (tertiary alicyclic amines) is 1. The van der Waals surface area contributed by atoms with Gasteiger partial charge >= 0.3 is 0 Å². The second-order valence-corrected chi connectivity index (χ2v) is 5.63. The first-order valence-corrected chi connectivity index (χ1v) is 6.79. The topological polar surface area (TPSA) is 3.24 Å². The van der Waals surface area contributed by atoms with Crippen LogP contribution >= 0.6 is 0 Å². The molecule has 2 unspecified atom stereocenters. The Morgan fingerprint density at radius 1 is 1.38 bits per heavy atom. The van der Waals surface area contributed by atoms with Crippen LogP contribution in [-0.4, -0.2) is 25.0 Å². The van der Waals surface area contributed by atoms with E-state index in [1.807, 2.05) is 13.8 Å². The third-order valence-corrected chi connectivity index (χ3v) is 3.47. The molecule has 96 valence electrons. The van der Waals surface area contributed by atoms with E-state index < -0.39 is 0 Å². The van der Waals surface area contributed by atoms with E-state index in [2.05, 4.69) is 45.4 Å². The molecule has 0 radical (unpaired) electrons. The fourth-order valence-corrected chi connectivity index (χ4v) is 2.94. The highest BCUT2D eigenvalue weighted by molar-refractivity contribution is 4.92. The molecule has 1 aliphatic heterocycles. The molecule has 1 nitrogen and oxygen atoms in total. The first-order valence-electron chi connectivity index (χ1n) is 6.79. The molecule has 0 aromatic heterocycles. The van der Waals surface area contributed by atoms with Crippen molar-refractivity contribution >= 4 is 0 Å². The summed E-state index contributed by atoms with van der Waals surface area (Å²) in [7, 11) is 2.23. The van der Waals surface area contributed by atoms with Gasteiger partial charge in [-0.25, -0.2) is 0 Å². The van der Waals surface area contributed by atoms with Gasteiger partial charge in [-0.1, -0.05) is 47.1 Å². The molecule has 1 rings (SSSR count). The minimum absolute atomic E-state index is 0.465. The molecule has 0 aromatic carbocycles. The average molecular weight is 225 g/mol. The van der Waals surface area contributed by atoms with Gasteiger partial charge in [0.25, 0.3) is 0 Å². The lowest BCUT2D eigenvalue weighted by Gasteiger charge is -2.28. The second-order valence-electron chi connectivity index (χ2n) is 5.63. The summed E-state index contributed by atoms with van der Waals surface area (Å²) in [6, 6.07) is 0. The second kappa shape index (κ2) is 7.11. The van der Waals surface area contributed by atoms with E-state index in [1.54, 1.807) is 0 Å². The largest absolute Gasteiger partial charge is 0.305 e. The maximum atomic E-state index is 3.98. The van der Waals surface area contributed by atoms with Crippen LogP contribution in [0.15, 0.2) is 12.7 Å². The Hall–Kier alpha value is -0.300. The first kappa shape index (κ1) is 15.7. The fraction of sp³-hybridized carbons (Fsp3) is 0.867. The summed E-state index contributed by atoms with van der Waals surface area (Å²) < 4.78 is 0. The van der Waals surface area contributed by atoms with Crippen LogP contribution in [0.2, 0.25) is 0 Å². The third kappa shape index (κ3) is 4.69. The van der Waals surface area contributed by atoms with Crippen LogP contribution < -0.4 is 0 Å². The Balaban J connectivity index is 0.00000106. The molecule has 0 aromatic rings. The molecule has 0 spiro atoms. The third-order valence-electron chi connectivity index (χ3n) is 3.47. The van der Waals surface area contributed by atoms with Crippen LogP contribution in [0.5, 0.6) is 0 Å². The number of hydrogen-bond acceptors (Lipinski definition) is 1.